The molecule has 0 saturated carbocycles. The number of aliphatic carboxylic acids is 1. The number of carboxylic acid groups (broad SMARTS) is 1. The van der Waals surface area contributed by atoms with Gasteiger partial charge in [-0.2, -0.15) is 0 Å². The summed E-state index contributed by atoms with van der Waals surface area (Å²) in [7, 11) is 0. The van der Waals surface area contributed by atoms with Gasteiger partial charge >= 0.3 is 5.97 Å². The molecule has 0 aromatic carbocycles. The van der Waals surface area contributed by atoms with Gasteiger partial charge in [-0.25, -0.2) is 4.68 Å². The molecular weight excluding hydrogens is 210 g/mol. The van der Waals surface area contributed by atoms with Crippen molar-refractivity contribution >= 4 is 5.97 Å². The Balaban J connectivity index is 2.82. The fraction of sp³-hybridized carbons (Fsp3) is 0.700. The summed E-state index contributed by atoms with van der Waals surface area (Å²) in [6.07, 6.45) is 2.20. The number of nitrogens with zero attached hydrogens (tertiary/aromatic N) is 3. The molecule has 0 spiro atoms. The van der Waals surface area contributed by atoms with Crippen LogP contribution in [0.3, 0.4) is 0 Å². The first-order valence-electron chi connectivity index (χ1n) is 5.43. The van der Waals surface area contributed by atoms with Crippen LogP contribution in [-0.4, -0.2) is 37.8 Å². The van der Waals surface area contributed by atoms with Crippen LogP contribution in [0.1, 0.15) is 31.2 Å². The molecule has 0 saturated heterocycles. The van der Waals surface area contributed by atoms with Gasteiger partial charge in [-0.05, 0) is 12.8 Å². The maximum absolute atomic E-state index is 10.6. The van der Waals surface area contributed by atoms with E-state index in [0.29, 0.717) is 18.7 Å². The third-order valence-electron chi connectivity index (χ3n) is 2.25. The maximum atomic E-state index is 10.6. The van der Waals surface area contributed by atoms with Crippen molar-refractivity contribution in [3.63, 3.8) is 0 Å². The lowest BCUT2D eigenvalue weighted by molar-refractivity contribution is -0.136. The molecule has 16 heavy (non-hydrogen) atoms. The fourth-order valence-corrected chi connectivity index (χ4v) is 1.56. The van der Waals surface area contributed by atoms with Crippen LogP contribution in [0.2, 0.25) is 0 Å². The fourth-order valence-electron chi connectivity index (χ4n) is 1.56. The number of aromatic nitrogens is 3. The van der Waals surface area contributed by atoms with E-state index < -0.39 is 5.97 Å². The number of aliphatic hydroxyl groups is 1. The lowest BCUT2D eigenvalue weighted by Crippen LogP contribution is -2.09. The number of carbonyl (C=O) groups is 1. The summed E-state index contributed by atoms with van der Waals surface area (Å²) in [5.41, 5.74) is 1.41. The minimum Gasteiger partial charge on any atom is -0.481 e. The van der Waals surface area contributed by atoms with Crippen molar-refractivity contribution in [1.29, 1.82) is 0 Å². The van der Waals surface area contributed by atoms with Crippen LogP contribution >= 0.6 is 0 Å². The van der Waals surface area contributed by atoms with Crippen LogP contribution in [-0.2, 0) is 24.2 Å². The summed E-state index contributed by atoms with van der Waals surface area (Å²) in [5, 5.41) is 25.3. The van der Waals surface area contributed by atoms with Crippen molar-refractivity contribution in [2.24, 2.45) is 0 Å². The Morgan fingerprint density at radius 3 is 2.81 bits per heavy atom. The molecule has 2 N–H and O–H groups in total. The summed E-state index contributed by atoms with van der Waals surface area (Å²) in [6.45, 7) is 2.70. The predicted octanol–water partition coefficient (Wildman–Crippen LogP) is 0.240. The number of hydrogen-bond donors (Lipinski definition) is 2. The molecule has 0 atom stereocenters. The Morgan fingerprint density at radius 1 is 1.50 bits per heavy atom. The molecule has 0 aliphatic heterocycles. The Morgan fingerprint density at radius 2 is 2.25 bits per heavy atom. The van der Waals surface area contributed by atoms with E-state index in [4.69, 9.17) is 10.2 Å². The SMILES string of the molecule is CCCc1c(CC(=O)O)nnn1CCCO. The van der Waals surface area contributed by atoms with Gasteiger partial charge in [-0.1, -0.05) is 18.6 Å². The molecule has 6 heteroatoms. The normalized spacial score (nSPS) is 10.6. The monoisotopic (exact) mass is 227 g/mol. The molecule has 0 amide bonds. The lowest BCUT2D eigenvalue weighted by atomic mass is 10.1. The van der Waals surface area contributed by atoms with Crippen LogP contribution in [0.4, 0.5) is 0 Å². The second kappa shape index (κ2) is 6.22. The van der Waals surface area contributed by atoms with Gasteiger partial charge < -0.3 is 10.2 Å². The van der Waals surface area contributed by atoms with E-state index in [0.717, 1.165) is 18.5 Å². The van der Waals surface area contributed by atoms with Crippen LogP contribution in [0.5, 0.6) is 0 Å². The molecule has 1 aromatic heterocycles. The highest BCUT2D eigenvalue weighted by Crippen LogP contribution is 2.10. The van der Waals surface area contributed by atoms with Crippen molar-refractivity contribution in [3.05, 3.63) is 11.4 Å². The van der Waals surface area contributed by atoms with Crippen molar-refractivity contribution in [1.82, 2.24) is 15.0 Å². The topological polar surface area (TPSA) is 88.2 Å². The second-order valence-electron chi connectivity index (χ2n) is 3.60. The zero-order valence-corrected chi connectivity index (χ0v) is 9.39. The summed E-state index contributed by atoms with van der Waals surface area (Å²) in [4.78, 5) is 10.6. The third kappa shape index (κ3) is 3.30. The molecule has 1 aromatic rings. The van der Waals surface area contributed by atoms with Crippen molar-refractivity contribution in [3.8, 4) is 0 Å². The number of aliphatic hydroxyl groups excluding tert-OH is 1. The van der Waals surface area contributed by atoms with E-state index in [-0.39, 0.29) is 13.0 Å². The Bertz CT molecular complexity index is 349. The van der Waals surface area contributed by atoms with Crippen LogP contribution in [0.25, 0.3) is 0 Å². The first kappa shape index (κ1) is 12.6. The van der Waals surface area contributed by atoms with E-state index in [1.54, 1.807) is 4.68 Å². The summed E-state index contributed by atoms with van der Waals surface area (Å²) >= 11 is 0. The predicted molar refractivity (Wildman–Crippen MR) is 57.1 cm³/mol. The van der Waals surface area contributed by atoms with E-state index in [1.165, 1.54) is 0 Å². The van der Waals surface area contributed by atoms with Crippen LogP contribution in [0.15, 0.2) is 0 Å². The molecule has 0 fully saturated rings. The summed E-state index contributed by atoms with van der Waals surface area (Å²) in [6, 6.07) is 0. The first-order chi connectivity index (χ1) is 7.69. The largest absolute Gasteiger partial charge is 0.481 e. The number of aryl methyl sites for hydroxylation is 1. The average Bonchev–Trinajstić information content (AvgIpc) is 2.59. The Kier molecular flexibility index (Phi) is 4.91. The van der Waals surface area contributed by atoms with Gasteiger partial charge in [0.2, 0.25) is 0 Å². The van der Waals surface area contributed by atoms with E-state index in [1.807, 2.05) is 6.92 Å². The summed E-state index contributed by atoms with van der Waals surface area (Å²) in [5.74, 6) is -0.897. The van der Waals surface area contributed by atoms with Crippen molar-refractivity contribution < 1.29 is 15.0 Å². The standard InChI is InChI=1S/C10H17N3O3/c1-2-4-9-8(7-10(15)16)11-12-13(9)5-3-6-14/h14H,2-7H2,1H3,(H,15,16). The minimum atomic E-state index is -0.897. The average molecular weight is 227 g/mol. The lowest BCUT2D eigenvalue weighted by Gasteiger charge is -2.05. The van der Waals surface area contributed by atoms with Gasteiger partial charge in [-0.15, -0.1) is 5.10 Å². The van der Waals surface area contributed by atoms with Crippen LogP contribution < -0.4 is 0 Å². The highest BCUT2D eigenvalue weighted by molar-refractivity contribution is 5.69. The van der Waals surface area contributed by atoms with Crippen molar-refractivity contribution in [2.45, 2.75) is 39.2 Å². The minimum absolute atomic E-state index is 0.0888. The first-order valence-corrected chi connectivity index (χ1v) is 5.43. The Hall–Kier alpha value is -1.43. The molecule has 90 valence electrons. The molecule has 0 radical (unpaired) electrons. The number of hydrogen-bond acceptors (Lipinski definition) is 4. The van der Waals surface area contributed by atoms with Gasteiger partial charge in [0, 0.05) is 13.2 Å². The molecule has 0 aliphatic rings. The zero-order chi connectivity index (χ0) is 12.0. The molecular formula is C10H17N3O3. The second-order valence-corrected chi connectivity index (χ2v) is 3.60. The highest BCUT2D eigenvalue weighted by Gasteiger charge is 2.14. The van der Waals surface area contributed by atoms with E-state index in [2.05, 4.69) is 10.3 Å². The molecule has 0 aliphatic carbocycles. The van der Waals surface area contributed by atoms with E-state index >= 15 is 0 Å². The highest BCUT2D eigenvalue weighted by atomic mass is 16.4. The molecule has 0 bridgehead atoms. The van der Waals surface area contributed by atoms with Gasteiger partial charge in [0.15, 0.2) is 0 Å². The van der Waals surface area contributed by atoms with Gasteiger partial charge in [0.05, 0.1) is 17.8 Å². The molecule has 0 unspecified atom stereocenters. The number of rotatable bonds is 7. The van der Waals surface area contributed by atoms with E-state index in [9.17, 15) is 4.79 Å². The summed E-state index contributed by atoms with van der Waals surface area (Å²) < 4.78 is 1.69. The molecule has 6 nitrogen and oxygen atoms in total. The van der Waals surface area contributed by atoms with Gasteiger partial charge in [-0.3, -0.25) is 4.79 Å². The van der Waals surface area contributed by atoms with Gasteiger partial charge in [0.1, 0.15) is 0 Å². The zero-order valence-electron chi connectivity index (χ0n) is 9.39. The quantitative estimate of drug-likeness (QED) is 0.696. The number of carboxylic acids is 1. The molecule has 1 heterocycles. The Labute approximate surface area is 93.9 Å². The molecule has 1 rings (SSSR count). The van der Waals surface area contributed by atoms with Crippen molar-refractivity contribution in [2.75, 3.05) is 6.61 Å². The smallest absolute Gasteiger partial charge is 0.309 e. The van der Waals surface area contributed by atoms with Gasteiger partial charge in [0.25, 0.3) is 0 Å². The maximum Gasteiger partial charge on any atom is 0.309 e. The third-order valence-corrected chi connectivity index (χ3v) is 2.25. The van der Waals surface area contributed by atoms with Crippen LogP contribution in [0, 0.1) is 0 Å².